The zero-order valence-corrected chi connectivity index (χ0v) is 12.7. The lowest BCUT2D eigenvalue weighted by Gasteiger charge is -1.99. The van der Waals surface area contributed by atoms with Crippen molar-refractivity contribution in [1.29, 1.82) is 0 Å². The summed E-state index contributed by atoms with van der Waals surface area (Å²) in [5.41, 5.74) is 4.57. The van der Waals surface area contributed by atoms with Gasteiger partial charge in [0.05, 0.1) is 10.8 Å². The van der Waals surface area contributed by atoms with E-state index in [4.69, 9.17) is 0 Å². The first kappa shape index (κ1) is 14.6. The molecule has 0 N–H and O–H groups in total. The molecular weight excluding hydrogens is 264 g/mol. The zero-order chi connectivity index (χ0) is 14.4. The number of hydrogen-bond donors (Lipinski definition) is 0. The van der Waals surface area contributed by atoms with Gasteiger partial charge in [0.25, 0.3) is 0 Å². The monoisotopic (exact) mass is 282 g/mol. The molecule has 0 amide bonds. The highest BCUT2D eigenvalue weighted by Crippen LogP contribution is 2.05. The van der Waals surface area contributed by atoms with E-state index in [2.05, 4.69) is 42.4 Å². The minimum atomic E-state index is -1.09. The molecule has 20 heavy (non-hydrogen) atoms. The van der Waals surface area contributed by atoms with Gasteiger partial charge in [0, 0.05) is 16.6 Å². The minimum Gasteiger partial charge on any atom is -0.246 e. The lowest BCUT2D eigenvalue weighted by atomic mass is 10.1. The fourth-order valence-electron chi connectivity index (χ4n) is 1.77. The van der Waals surface area contributed by atoms with Crippen LogP contribution < -0.4 is 0 Å². The zero-order valence-electron chi connectivity index (χ0n) is 11.8. The van der Waals surface area contributed by atoms with Crippen LogP contribution in [0.1, 0.15) is 22.3 Å². The largest absolute Gasteiger partial charge is 0.246 e. The van der Waals surface area contributed by atoms with Gasteiger partial charge < -0.3 is 0 Å². The number of benzene rings is 2. The van der Waals surface area contributed by atoms with Crippen molar-refractivity contribution in [2.24, 2.45) is 0 Å². The molecule has 2 aromatic carbocycles. The Balaban J connectivity index is 1.90. The average molecular weight is 282 g/mol. The van der Waals surface area contributed by atoms with Crippen LogP contribution in [0, 0.1) is 25.0 Å². The predicted molar refractivity (Wildman–Crippen MR) is 85.9 cm³/mol. The van der Waals surface area contributed by atoms with Crippen LogP contribution in [0.25, 0.3) is 0 Å². The third kappa shape index (κ3) is 4.68. The van der Waals surface area contributed by atoms with Crippen molar-refractivity contribution in [3.63, 3.8) is 0 Å². The van der Waals surface area contributed by atoms with Gasteiger partial charge in [-0.15, -0.1) is 0 Å². The molecule has 0 saturated heterocycles. The van der Waals surface area contributed by atoms with Gasteiger partial charge in [0.2, 0.25) is 0 Å². The van der Waals surface area contributed by atoms with Crippen LogP contribution in [0.3, 0.4) is 0 Å². The molecule has 102 valence electrons. The van der Waals surface area contributed by atoms with E-state index in [-0.39, 0.29) is 0 Å². The Morgan fingerprint density at radius 2 is 1.45 bits per heavy atom. The first-order valence-electron chi connectivity index (χ1n) is 6.66. The van der Waals surface area contributed by atoms with Crippen molar-refractivity contribution in [2.75, 3.05) is 5.75 Å². The van der Waals surface area contributed by atoms with Crippen LogP contribution in [-0.2, 0) is 17.2 Å². The maximum absolute atomic E-state index is 11.9. The van der Waals surface area contributed by atoms with Crippen molar-refractivity contribution < 1.29 is 4.21 Å². The molecule has 2 rings (SSSR count). The molecule has 0 aliphatic heterocycles. The molecule has 1 nitrogen and oxygen atoms in total. The van der Waals surface area contributed by atoms with Gasteiger partial charge in [0.1, 0.15) is 0 Å². The molecule has 0 saturated carbocycles. The second kappa shape index (κ2) is 7.07. The maximum Gasteiger partial charge on any atom is 0.0981 e. The molecule has 0 heterocycles. The molecule has 2 heteroatoms. The van der Waals surface area contributed by atoms with Crippen molar-refractivity contribution in [2.45, 2.75) is 20.3 Å². The minimum absolute atomic E-state index is 0.585. The van der Waals surface area contributed by atoms with Crippen molar-refractivity contribution in [3.8, 4) is 11.2 Å². The van der Waals surface area contributed by atoms with E-state index in [1.165, 1.54) is 16.7 Å². The van der Waals surface area contributed by atoms with Crippen LogP contribution in [0.4, 0.5) is 0 Å². The summed E-state index contributed by atoms with van der Waals surface area (Å²) in [7, 11) is -1.09. The summed E-state index contributed by atoms with van der Waals surface area (Å²) >= 11 is 0. The Morgan fingerprint density at radius 3 is 2.05 bits per heavy atom. The Morgan fingerprint density at radius 1 is 0.900 bits per heavy atom. The molecular formula is C18H18OS. The van der Waals surface area contributed by atoms with Crippen molar-refractivity contribution >= 4 is 10.8 Å². The molecule has 0 fully saturated rings. The lowest BCUT2D eigenvalue weighted by Crippen LogP contribution is -1.98. The molecule has 1 unspecified atom stereocenters. The van der Waals surface area contributed by atoms with E-state index in [0.717, 1.165) is 12.0 Å². The van der Waals surface area contributed by atoms with E-state index in [9.17, 15) is 4.21 Å². The first-order valence-corrected chi connectivity index (χ1v) is 7.97. The molecule has 0 radical (unpaired) electrons. The van der Waals surface area contributed by atoms with E-state index >= 15 is 0 Å². The molecule has 1 atom stereocenters. The summed E-state index contributed by atoms with van der Waals surface area (Å²) < 4.78 is 11.9. The van der Waals surface area contributed by atoms with Crippen molar-refractivity contribution in [3.05, 3.63) is 70.8 Å². The highest BCUT2D eigenvalue weighted by atomic mass is 32.2. The topological polar surface area (TPSA) is 17.1 Å². The Kier molecular flexibility index (Phi) is 5.15. The van der Waals surface area contributed by atoms with Crippen LogP contribution >= 0.6 is 0 Å². The van der Waals surface area contributed by atoms with Crippen LogP contribution in [0.2, 0.25) is 0 Å². The normalized spacial score (nSPS) is 11.5. The molecule has 0 spiro atoms. The van der Waals surface area contributed by atoms with Gasteiger partial charge in [-0.3, -0.25) is 0 Å². The summed E-state index contributed by atoms with van der Waals surface area (Å²) in [6, 6.07) is 16.3. The Labute approximate surface area is 123 Å². The Hall–Kier alpha value is -1.85. The number of hydrogen-bond acceptors (Lipinski definition) is 1. The van der Waals surface area contributed by atoms with Gasteiger partial charge in [0.15, 0.2) is 0 Å². The summed E-state index contributed by atoms with van der Waals surface area (Å²) in [5, 5.41) is 2.82. The Bertz CT molecular complexity index is 643. The lowest BCUT2D eigenvalue weighted by molar-refractivity contribution is 0.688. The molecule has 0 bridgehead atoms. The molecule has 0 aliphatic carbocycles. The van der Waals surface area contributed by atoms with E-state index in [1.54, 1.807) is 0 Å². The van der Waals surface area contributed by atoms with Gasteiger partial charge >= 0.3 is 0 Å². The quantitative estimate of drug-likeness (QED) is 0.786. The van der Waals surface area contributed by atoms with E-state index in [0.29, 0.717) is 5.75 Å². The van der Waals surface area contributed by atoms with Crippen LogP contribution in [-0.4, -0.2) is 9.96 Å². The third-order valence-corrected chi connectivity index (χ3v) is 3.96. The standard InChI is InChI=1S/C18H18OS/c1-15-3-7-17(8-4-15)11-13-20(19)14-12-18-9-5-16(2)6-10-18/h3-10H,11,13H2,1-2H3. The molecule has 0 aliphatic rings. The SMILES string of the molecule is Cc1ccc(C#CS(=O)CCc2ccc(C)cc2)cc1. The predicted octanol–water partition coefficient (Wildman–Crippen LogP) is 3.60. The smallest absolute Gasteiger partial charge is 0.0981 e. The fourth-order valence-corrected chi connectivity index (χ4v) is 2.52. The second-order valence-corrected chi connectivity index (χ2v) is 6.18. The highest BCUT2D eigenvalue weighted by Gasteiger charge is 1.97. The summed E-state index contributed by atoms with van der Waals surface area (Å²) in [4.78, 5) is 0. The fraction of sp³-hybridized carbons (Fsp3) is 0.222. The number of rotatable bonds is 3. The summed E-state index contributed by atoms with van der Waals surface area (Å²) in [6.45, 7) is 4.10. The summed E-state index contributed by atoms with van der Waals surface area (Å²) in [6.07, 6.45) is 0.801. The van der Waals surface area contributed by atoms with Crippen LogP contribution in [0.5, 0.6) is 0 Å². The third-order valence-electron chi connectivity index (χ3n) is 3.06. The average Bonchev–Trinajstić information content (AvgIpc) is 2.46. The second-order valence-electron chi connectivity index (χ2n) is 4.88. The van der Waals surface area contributed by atoms with Crippen molar-refractivity contribution in [1.82, 2.24) is 0 Å². The van der Waals surface area contributed by atoms with Gasteiger partial charge in [-0.25, -0.2) is 4.21 Å². The molecule has 2 aromatic rings. The summed E-state index contributed by atoms with van der Waals surface area (Å²) in [5.74, 6) is 3.55. The number of aryl methyl sites for hydroxylation is 3. The molecule has 0 aromatic heterocycles. The van der Waals surface area contributed by atoms with Gasteiger partial charge in [-0.1, -0.05) is 53.4 Å². The van der Waals surface area contributed by atoms with Gasteiger partial charge in [-0.05, 0) is 38.0 Å². The van der Waals surface area contributed by atoms with E-state index < -0.39 is 10.8 Å². The van der Waals surface area contributed by atoms with E-state index in [1.807, 2.05) is 31.2 Å². The van der Waals surface area contributed by atoms with Crippen LogP contribution in [0.15, 0.2) is 48.5 Å². The highest BCUT2D eigenvalue weighted by molar-refractivity contribution is 7.89. The maximum atomic E-state index is 11.9. The van der Waals surface area contributed by atoms with Gasteiger partial charge in [-0.2, -0.15) is 0 Å². The first-order chi connectivity index (χ1) is 9.63.